The van der Waals surface area contributed by atoms with Crippen LogP contribution in [0.3, 0.4) is 0 Å². The van der Waals surface area contributed by atoms with Gasteiger partial charge < -0.3 is 10.1 Å². The molecule has 2 aromatic rings. The van der Waals surface area contributed by atoms with E-state index in [9.17, 15) is 0 Å². The lowest BCUT2D eigenvalue weighted by molar-refractivity contribution is 0.412. The molecular weight excluding hydrogens is 358 g/mol. The molecule has 0 aliphatic heterocycles. The number of halogens is 1. The molecule has 1 aromatic carbocycles. The van der Waals surface area contributed by atoms with E-state index in [0.29, 0.717) is 6.04 Å². The first kappa shape index (κ1) is 14.2. The monoisotopic (exact) mass is 371 g/mol. The molecule has 0 unspecified atom stereocenters. The highest BCUT2D eigenvalue weighted by Crippen LogP contribution is 2.33. The Labute approximate surface area is 134 Å². The second-order valence-electron chi connectivity index (χ2n) is 4.55. The molecule has 1 aliphatic rings. The predicted molar refractivity (Wildman–Crippen MR) is 86.8 cm³/mol. The molecule has 106 valence electrons. The van der Waals surface area contributed by atoms with Crippen LogP contribution in [0.25, 0.3) is 0 Å². The summed E-state index contributed by atoms with van der Waals surface area (Å²) < 4.78 is 7.20. The van der Waals surface area contributed by atoms with Crippen molar-refractivity contribution >= 4 is 44.2 Å². The van der Waals surface area contributed by atoms with Gasteiger partial charge in [-0.15, -0.1) is 10.2 Å². The minimum atomic E-state index is 0.623. The molecule has 0 bridgehead atoms. The van der Waals surface area contributed by atoms with Crippen LogP contribution in [0.4, 0.5) is 5.13 Å². The molecule has 4 nitrogen and oxygen atoms in total. The lowest BCUT2D eigenvalue weighted by atomic mass is 10.2. The lowest BCUT2D eigenvalue weighted by Gasteiger charge is -2.05. The summed E-state index contributed by atoms with van der Waals surface area (Å²) in [5.41, 5.74) is 1.23. The maximum Gasteiger partial charge on any atom is 0.206 e. The SMILES string of the molecule is COc1ccc(CSc2nnc(NC3CC3)s2)cc1Br. The van der Waals surface area contributed by atoms with E-state index in [1.54, 1.807) is 30.2 Å². The van der Waals surface area contributed by atoms with Crippen molar-refractivity contribution in [2.45, 2.75) is 29.0 Å². The molecule has 20 heavy (non-hydrogen) atoms. The van der Waals surface area contributed by atoms with E-state index < -0.39 is 0 Å². The van der Waals surface area contributed by atoms with Crippen molar-refractivity contribution in [1.29, 1.82) is 0 Å². The van der Waals surface area contributed by atoms with Crippen LogP contribution in [-0.2, 0) is 5.75 Å². The average molecular weight is 372 g/mol. The molecule has 1 saturated carbocycles. The van der Waals surface area contributed by atoms with Gasteiger partial charge in [-0.25, -0.2) is 0 Å². The average Bonchev–Trinajstić information content (AvgIpc) is 3.14. The van der Waals surface area contributed by atoms with Crippen LogP contribution >= 0.6 is 39.0 Å². The summed E-state index contributed by atoms with van der Waals surface area (Å²) in [7, 11) is 1.67. The maximum atomic E-state index is 5.23. The summed E-state index contributed by atoms with van der Waals surface area (Å²) in [6.07, 6.45) is 2.50. The van der Waals surface area contributed by atoms with Gasteiger partial charge in [0.15, 0.2) is 4.34 Å². The normalized spacial score (nSPS) is 14.3. The van der Waals surface area contributed by atoms with Crippen molar-refractivity contribution in [2.75, 3.05) is 12.4 Å². The molecule has 1 aliphatic carbocycles. The van der Waals surface area contributed by atoms with Crippen LogP contribution in [0.15, 0.2) is 27.0 Å². The number of benzene rings is 1. The van der Waals surface area contributed by atoms with E-state index in [0.717, 1.165) is 25.4 Å². The van der Waals surface area contributed by atoms with Crippen LogP contribution in [0, 0.1) is 0 Å². The summed E-state index contributed by atoms with van der Waals surface area (Å²) >= 11 is 6.83. The van der Waals surface area contributed by atoms with E-state index >= 15 is 0 Å². The Balaban J connectivity index is 1.58. The molecule has 0 spiro atoms. The van der Waals surface area contributed by atoms with Crippen LogP contribution in [-0.4, -0.2) is 23.3 Å². The third-order valence-electron chi connectivity index (χ3n) is 2.89. The van der Waals surface area contributed by atoms with Gasteiger partial charge in [0.25, 0.3) is 0 Å². The zero-order valence-electron chi connectivity index (χ0n) is 10.9. The van der Waals surface area contributed by atoms with Gasteiger partial charge in [0.05, 0.1) is 11.6 Å². The number of ether oxygens (including phenoxy) is 1. The zero-order valence-corrected chi connectivity index (χ0v) is 14.1. The van der Waals surface area contributed by atoms with Crippen molar-refractivity contribution in [1.82, 2.24) is 10.2 Å². The van der Waals surface area contributed by atoms with Gasteiger partial charge in [-0.05, 0) is 46.5 Å². The highest BCUT2D eigenvalue weighted by atomic mass is 79.9. The number of aromatic nitrogens is 2. The standard InChI is InChI=1S/C13H14BrN3OS2/c1-18-11-5-2-8(6-10(11)14)7-19-13-17-16-12(20-13)15-9-3-4-9/h2,5-6,9H,3-4,7H2,1H3,(H,15,16). The quantitative estimate of drug-likeness (QED) is 0.771. The largest absolute Gasteiger partial charge is 0.496 e. The maximum absolute atomic E-state index is 5.23. The second kappa shape index (κ2) is 6.32. The summed E-state index contributed by atoms with van der Waals surface area (Å²) in [5.74, 6) is 1.73. The van der Waals surface area contributed by atoms with Crippen molar-refractivity contribution in [3.63, 3.8) is 0 Å². The van der Waals surface area contributed by atoms with Gasteiger partial charge in [-0.2, -0.15) is 0 Å². The second-order valence-corrected chi connectivity index (χ2v) is 7.60. The summed E-state index contributed by atoms with van der Waals surface area (Å²) in [6, 6.07) is 6.75. The Morgan fingerprint density at radius 2 is 2.30 bits per heavy atom. The van der Waals surface area contributed by atoms with E-state index in [1.165, 1.54) is 18.4 Å². The van der Waals surface area contributed by atoms with Crippen molar-refractivity contribution in [3.8, 4) is 5.75 Å². The highest BCUT2D eigenvalue weighted by molar-refractivity contribution is 9.10. The zero-order chi connectivity index (χ0) is 13.9. The first-order chi connectivity index (χ1) is 9.74. The fourth-order valence-corrected chi connectivity index (χ4v) is 4.03. The summed E-state index contributed by atoms with van der Waals surface area (Å²) in [6.45, 7) is 0. The Morgan fingerprint density at radius 1 is 1.45 bits per heavy atom. The Kier molecular flexibility index (Phi) is 4.48. The third-order valence-corrected chi connectivity index (χ3v) is 5.57. The molecule has 7 heteroatoms. The van der Waals surface area contributed by atoms with Gasteiger partial charge in [0, 0.05) is 11.8 Å². The van der Waals surface area contributed by atoms with Gasteiger partial charge in [0.2, 0.25) is 5.13 Å². The van der Waals surface area contributed by atoms with E-state index in [-0.39, 0.29) is 0 Å². The molecule has 3 rings (SSSR count). The molecule has 1 aromatic heterocycles. The van der Waals surface area contributed by atoms with Crippen LogP contribution in [0.1, 0.15) is 18.4 Å². The van der Waals surface area contributed by atoms with E-state index in [1.807, 2.05) is 6.07 Å². The number of thioether (sulfide) groups is 1. The van der Waals surface area contributed by atoms with E-state index in [4.69, 9.17) is 4.74 Å². The number of hydrogen-bond acceptors (Lipinski definition) is 6. The van der Waals surface area contributed by atoms with Crippen molar-refractivity contribution in [3.05, 3.63) is 28.2 Å². The Hall–Kier alpha value is -0.790. The van der Waals surface area contributed by atoms with Crippen molar-refractivity contribution < 1.29 is 4.74 Å². The number of anilines is 1. The number of methoxy groups -OCH3 is 1. The Bertz CT molecular complexity index is 601. The Morgan fingerprint density at radius 3 is 3.00 bits per heavy atom. The van der Waals surface area contributed by atoms with Gasteiger partial charge in [-0.3, -0.25) is 0 Å². The molecule has 1 N–H and O–H groups in total. The predicted octanol–water partition coefficient (Wildman–Crippen LogP) is 4.18. The molecule has 0 atom stereocenters. The van der Waals surface area contributed by atoms with Gasteiger partial charge in [-0.1, -0.05) is 29.2 Å². The van der Waals surface area contributed by atoms with Crippen LogP contribution in [0.2, 0.25) is 0 Å². The molecule has 0 amide bonds. The molecule has 1 heterocycles. The number of nitrogens with one attached hydrogen (secondary N) is 1. The number of hydrogen-bond donors (Lipinski definition) is 1. The smallest absolute Gasteiger partial charge is 0.206 e. The van der Waals surface area contributed by atoms with E-state index in [2.05, 4.69) is 43.6 Å². The van der Waals surface area contributed by atoms with Crippen LogP contribution in [0.5, 0.6) is 5.75 Å². The lowest BCUT2D eigenvalue weighted by Crippen LogP contribution is -1.99. The fourth-order valence-electron chi connectivity index (χ4n) is 1.67. The van der Waals surface area contributed by atoms with Crippen molar-refractivity contribution in [2.24, 2.45) is 0 Å². The number of rotatable bonds is 6. The molecule has 0 saturated heterocycles. The molecule has 0 radical (unpaired) electrons. The third kappa shape index (κ3) is 3.65. The number of nitrogens with zero attached hydrogens (tertiary/aromatic N) is 2. The molecular formula is C13H14BrN3OS2. The summed E-state index contributed by atoms with van der Waals surface area (Å²) in [4.78, 5) is 0. The first-order valence-corrected chi connectivity index (χ1v) is 8.89. The molecule has 1 fully saturated rings. The minimum Gasteiger partial charge on any atom is -0.496 e. The fraction of sp³-hybridized carbons (Fsp3) is 0.385. The summed E-state index contributed by atoms with van der Waals surface area (Å²) in [5, 5.41) is 12.7. The van der Waals surface area contributed by atoms with Gasteiger partial charge in [0.1, 0.15) is 5.75 Å². The van der Waals surface area contributed by atoms with Gasteiger partial charge >= 0.3 is 0 Å². The first-order valence-electron chi connectivity index (χ1n) is 6.30. The topological polar surface area (TPSA) is 47.0 Å². The minimum absolute atomic E-state index is 0.623. The van der Waals surface area contributed by atoms with Crippen LogP contribution < -0.4 is 10.1 Å². The highest BCUT2D eigenvalue weighted by Gasteiger charge is 2.22.